The molecule has 2 rings (SSSR count). The molecule has 0 aliphatic heterocycles. The Morgan fingerprint density at radius 3 is 2.48 bits per heavy atom. The van der Waals surface area contributed by atoms with Crippen LogP contribution in [0.2, 0.25) is 0 Å². The van der Waals surface area contributed by atoms with Gasteiger partial charge in [0.2, 0.25) is 5.91 Å². The van der Waals surface area contributed by atoms with Crippen molar-refractivity contribution in [2.24, 2.45) is 5.73 Å². The molecule has 0 aliphatic carbocycles. The van der Waals surface area contributed by atoms with E-state index in [0.29, 0.717) is 5.75 Å². The molecule has 0 bridgehead atoms. The van der Waals surface area contributed by atoms with Gasteiger partial charge in [0.1, 0.15) is 11.5 Å². The van der Waals surface area contributed by atoms with Crippen LogP contribution in [-0.2, 0) is 21.3 Å². The molecule has 4 nitrogen and oxygen atoms in total. The zero-order valence-electron chi connectivity index (χ0n) is 11.7. The number of nitrogens with two attached hydrogens (primary N) is 1. The minimum Gasteiger partial charge on any atom is -0.497 e. The lowest BCUT2D eigenvalue weighted by Gasteiger charge is -2.06. The van der Waals surface area contributed by atoms with Crippen LogP contribution in [0.5, 0.6) is 5.75 Å². The molecule has 0 saturated carbocycles. The van der Waals surface area contributed by atoms with Gasteiger partial charge in [-0.2, -0.15) is 0 Å². The van der Waals surface area contributed by atoms with Gasteiger partial charge in [0.05, 0.1) is 7.11 Å². The number of methoxy groups -OCH3 is 1. The first-order chi connectivity index (χ1) is 10.1. The smallest absolute Gasteiger partial charge is 0.230 e. The quantitative estimate of drug-likeness (QED) is 0.888. The predicted octanol–water partition coefficient (Wildman–Crippen LogP) is 2.10. The second kappa shape index (κ2) is 7.04. The summed E-state index contributed by atoms with van der Waals surface area (Å²) >= 11 is 0. The van der Waals surface area contributed by atoms with Crippen LogP contribution in [0.4, 0.5) is 0 Å². The van der Waals surface area contributed by atoms with Gasteiger partial charge in [-0.25, -0.2) is 0 Å². The van der Waals surface area contributed by atoms with E-state index in [-0.39, 0.29) is 5.75 Å². The van der Waals surface area contributed by atoms with Crippen LogP contribution in [0.15, 0.2) is 48.5 Å². The van der Waals surface area contributed by atoms with Crippen LogP contribution in [0.3, 0.4) is 0 Å². The molecule has 0 heterocycles. The summed E-state index contributed by atoms with van der Waals surface area (Å²) in [4.78, 5) is 10.7. The van der Waals surface area contributed by atoms with E-state index in [9.17, 15) is 9.00 Å². The highest BCUT2D eigenvalue weighted by atomic mass is 32.2. The topological polar surface area (TPSA) is 69.4 Å². The molecule has 0 fully saturated rings. The molecule has 2 aromatic carbocycles. The van der Waals surface area contributed by atoms with E-state index < -0.39 is 16.7 Å². The molecule has 0 unspecified atom stereocenters. The van der Waals surface area contributed by atoms with Gasteiger partial charge in [0, 0.05) is 16.6 Å². The summed E-state index contributed by atoms with van der Waals surface area (Å²) in [6.07, 6.45) is 0. The number of carbonyl (C=O) groups is 1. The first-order valence-electron chi connectivity index (χ1n) is 6.45. The van der Waals surface area contributed by atoms with Crippen molar-refractivity contribution >= 4 is 16.7 Å². The summed E-state index contributed by atoms with van der Waals surface area (Å²) in [6, 6.07) is 15.5. The second-order valence-electron chi connectivity index (χ2n) is 4.62. The number of hydrogen-bond donors (Lipinski definition) is 1. The molecule has 0 saturated heterocycles. The molecule has 0 spiro atoms. The lowest BCUT2D eigenvalue weighted by Crippen LogP contribution is -2.20. The number of primary amides is 1. The summed E-state index contributed by atoms with van der Waals surface area (Å²) in [7, 11) is 0.383. The van der Waals surface area contributed by atoms with Crippen molar-refractivity contribution in [1.29, 1.82) is 0 Å². The minimum absolute atomic E-state index is 0.0996. The maximum Gasteiger partial charge on any atom is 0.230 e. The maximum absolute atomic E-state index is 11.7. The third kappa shape index (κ3) is 4.43. The van der Waals surface area contributed by atoms with Gasteiger partial charge in [-0.15, -0.1) is 0 Å². The van der Waals surface area contributed by atoms with Crippen LogP contribution in [0, 0.1) is 0 Å². The molecule has 0 aliphatic rings. The maximum atomic E-state index is 11.7. The fourth-order valence-electron chi connectivity index (χ4n) is 1.99. The van der Waals surface area contributed by atoms with Crippen molar-refractivity contribution in [1.82, 2.24) is 0 Å². The molecule has 5 heteroatoms. The van der Waals surface area contributed by atoms with E-state index in [1.165, 1.54) is 0 Å². The van der Waals surface area contributed by atoms with Gasteiger partial charge in [-0.1, -0.05) is 36.4 Å². The Bertz CT molecular complexity index is 653. The summed E-state index contributed by atoms with van der Waals surface area (Å²) in [6.45, 7) is 0. The molecule has 0 radical (unpaired) electrons. The van der Waals surface area contributed by atoms with Gasteiger partial charge in [-0.3, -0.25) is 9.00 Å². The molecule has 0 aromatic heterocycles. The number of amides is 1. The lowest BCUT2D eigenvalue weighted by molar-refractivity contribution is -0.115. The monoisotopic (exact) mass is 303 g/mol. The average Bonchev–Trinajstić information content (AvgIpc) is 2.47. The van der Waals surface area contributed by atoms with E-state index >= 15 is 0 Å². The number of benzene rings is 2. The Morgan fingerprint density at radius 2 is 1.86 bits per heavy atom. The molecular weight excluding hydrogens is 286 g/mol. The van der Waals surface area contributed by atoms with E-state index in [1.807, 2.05) is 48.5 Å². The van der Waals surface area contributed by atoms with Gasteiger partial charge >= 0.3 is 0 Å². The van der Waals surface area contributed by atoms with Crippen LogP contribution >= 0.6 is 0 Å². The standard InChI is InChI=1S/C16H17NO3S/c1-20-15-4-2-3-14(9-15)13-7-5-12(6-8-13)10-21(19)11-16(17)18/h2-9H,10-11H2,1H3,(H2,17,18)/t21-/m1/s1. The Hall–Kier alpha value is -2.14. The molecule has 110 valence electrons. The van der Waals surface area contributed by atoms with Crippen molar-refractivity contribution in [3.8, 4) is 16.9 Å². The fraction of sp³-hybridized carbons (Fsp3) is 0.188. The molecular formula is C16H17NO3S. The third-order valence-electron chi connectivity index (χ3n) is 2.99. The average molecular weight is 303 g/mol. The summed E-state index contributed by atoms with van der Waals surface area (Å²) in [5.41, 5.74) is 8.06. The second-order valence-corrected chi connectivity index (χ2v) is 6.08. The molecule has 2 N–H and O–H groups in total. The highest BCUT2D eigenvalue weighted by Gasteiger charge is 2.06. The van der Waals surface area contributed by atoms with Crippen molar-refractivity contribution in [3.63, 3.8) is 0 Å². The number of ether oxygens (including phenoxy) is 1. The Balaban J connectivity index is 2.11. The summed E-state index contributed by atoms with van der Waals surface area (Å²) < 4.78 is 16.9. The lowest BCUT2D eigenvalue weighted by atomic mass is 10.0. The molecule has 21 heavy (non-hydrogen) atoms. The van der Waals surface area contributed by atoms with E-state index in [1.54, 1.807) is 7.11 Å². The van der Waals surface area contributed by atoms with Crippen molar-refractivity contribution < 1.29 is 13.7 Å². The normalized spacial score (nSPS) is 11.9. The zero-order chi connectivity index (χ0) is 15.2. The molecule has 1 amide bonds. The van der Waals surface area contributed by atoms with E-state index in [4.69, 9.17) is 10.5 Å². The molecule has 1 atom stereocenters. The van der Waals surface area contributed by atoms with Crippen molar-refractivity contribution in [3.05, 3.63) is 54.1 Å². The Morgan fingerprint density at radius 1 is 1.14 bits per heavy atom. The Kier molecular flexibility index (Phi) is 5.11. The Labute approximate surface area is 126 Å². The first-order valence-corrected chi connectivity index (χ1v) is 7.94. The van der Waals surface area contributed by atoms with Gasteiger partial charge in [0.15, 0.2) is 0 Å². The highest BCUT2D eigenvalue weighted by molar-refractivity contribution is 7.84. The molecule has 2 aromatic rings. The van der Waals surface area contributed by atoms with Crippen molar-refractivity contribution in [2.45, 2.75) is 5.75 Å². The van der Waals surface area contributed by atoms with Crippen LogP contribution in [0.25, 0.3) is 11.1 Å². The van der Waals surface area contributed by atoms with E-state index in [0.717, 1.165) is 22.4 Å². The van der Waals surface area contributed by atoms with Crippen molar-refractivity contribution in [2.75, 3.05) is 12.9 Å². The largest absolute Gasteiger partial charge is 0.497 e. The number of carbonyl (C=O) groups excluding carboxylic acids is 1. The van der Waals surface area contributed by atoms with Gasteiger partial charge in [0.25, 0.3) is 0 Å². The minimum atomic E-state index is -1.25. The van der Waals surface area contributed by atoms with Gasteiger partial charge < -0.3 is 10.5 Å². The third-order valence-corrected chi connectivity index (χ3v) is 4.25. The van der Waals surface area contributed by atoms with Crippen LogP contribution < -0.4 is 10.5 Å². The van der Waals surface area contributed by atoms with Gasteiger partial charge in [-0.05, 0) is 28.8 Å². The summed E-state index contributed by atoms with van der Waals surface area (Å²) in [5, 5.41) is 0. The predicted molar refractivity (Wildman–Crippen MR) is 84.3 cm³/mol. The summed E-state index contributed by atoms with van der Waals surface area (Å²) in [5.74, 6) is 0.499. The van der Waals surface area contributed by atoms with E-state index in [2.05, 4.69) is 0 Å². The highest BCUT2D eigenvalue weighted by Crippen LogP contribution is 2.24. The fourth-order valence-corrected chi connectivity index (χ4v) is 2.98. The zero-order valence-corrected chi connectivity index (χ0v) is 12.6. The SMILES string of the molecule is COc1cccc(-c2ccc(C[S@@](=O)CC(N)=O)cc2)c1. The first kappa shape index (κ1) is 15.3. The van der Waals surface area contributed by atoms with Crippen LogP contribution in [0.1, 0.15) is 5.56 Å². The van der Waals surface area contributed by atoms with Crippen LogP contribution in [-0.4, -0.2) is 23.0 Å². The number of hydrogen-bond acceptors (Lipinski definition) is 3. The number of rotatable bonds is 6.